The van der Waals surface area contributed by atoms with Crippen molar-refractivity contribution in [3.8, 4) is 6.07 Å². The van der Waals surface area contributed by atoms with Crippen LogP contribution in [0.4, 0.5) is 26.2 Å². The molecule has 2 atom stereocenters. The number of halogens is 1. The Kier molecular flexibility index (Phi) is 7.16. The highest BCUT2D eigenvalue weighted by Crippen LogP contribution is 2.46. The monoisotopic (exact) mass is 507 g/mol. The van der Waals surface area contributed by atoms with Gasteiger partial charge in [0.15, 0.2) is 0 Å². The molecule has 0 saturated carbocycles. The van der Waals surface area contributed by atoms with E-state index in [1.54, 1.807) is 39.8 Å². The van der Waals surface area contributed by atoms with Crippen molar-refractivity contribution in [1.82, 2.24) is 4.90 Å². The summed E-state index contributed by atoms with van der Waals surface area (Å²) in [7, 11) is 0. The van der Waals surface area contributed by atoms with Gasteiger partial charge in [0.25, 0.3) is 0 Å². The molecule has 9 heteroatoms. The first-order valence-corrected chi connectivity index (χ1v) is 12.6. The number of rotatable bonds is 5. The molecule has 0 bridgehead atoms. The fraction of sp³-hybridized carbons (Fsp3) is 0.464. The number of nitrogens with one attached hydrogen (secondary N) is 2. The molecule has 196 valence electrons. The number of nitriles is 1. The molecule has 2 amide bonds. The predicted molar refractivity (Wildman–Crippen MR) is 141 cm³/mol. The zero-order chi connectivity index (χ0) is 27.0. The number of carbonyl (C=O) groups is 2. The predicted octanol–water partition coefficient (Wildman–Crippen LogP) is 5.20. The van der Waals surface area contributed by atoms with Crippen LogP contribution in [0.5, 0.6) is 0 Å². The first-order valence-electron chi connectivity index (χ1n) is 12.6. The molecule has 0 aromatic heterocycles. The van der Waals surface area contributed by atoms with E-state index in [9.17, 15) is 9.59 Å². The number of carbonyl (C=O) groups excluding carboxylic acids is 2. The van der Waals surface area contributed by atoms with Gasteiger partial charge in [-0.1, -0.05) is 0 Å². The summed E-state index contributed by atoms with van der Waals surface area (Å²) in [4.78, 5) is 29.9. The van der Waals surface area contributed by atoms with Crippen molar-refractivity contribution < 1.29 is 18.7 Å². The molecule has 2 aliphatic heterocycles. The first kappa shape index (κ1) is 26.4. The van der Waals surface area contributed by atoms with Gasteiger partial charge in [-0.05, 0) is 90.4 Å². The number of anilines is 3. The van der Waals surface area contributed by atoms with Crippen molar-refractivity contribution in [3.05, 3.63) is 53.3 Å². The summed E-state index contributed by atoms with van der Waals surface area (Å²) in [5, 5.41) is 15.5. The zero-order valence-electron chi connectivity index (χ0n) is 22.0. The fourth-order valence-electron chi connectivity index (χ4n) is 5.08. The number of nitrogens with zero attached hydrogens (tertiary/aromatic N) is 3. The molecule has 0 aliphatic carbocycles. The molecule has 37 heavy (non-hydrogen) atoms. The van der Waals surface area contributed by atoms with Gasteiger partial charge in [-0.2, -0.15) is 5.26 Å². The van der Waals surface area contributed by atoms with E-state index >= 15 is 4.39 Å². The number of hydrogen-bond donors (Lipinski definition) is 2. The van der Waals surface area contributed by atoms with Gasteiger partial charge < -0.3 is 15.4 Å². The van der Waals surface area contributed by atoms with Gasteiger partial charge in [0.05, 0.1) is 23.0 Å². The highest BCUT2D eigenvalue weighted by atomic mass is 19.1. The van der Waals surface area contributed by atoms with E-state index in [2.05, 4.69) is 21.6 Å². The van der Waals surface area contributed by atoms with E-state index in [0.717, 1.165) is 18.5 Å². The van der Waals surface area contributed by atoms with Gasteiger partial charge in [0, 0.05) is 30.4 Å². The molecular weight excluding hydrogens is 473 g/mol. The molecule has 8 nitrogen and oxygen atoms in total. The van der Waals surface area contributed by atoms with E-state index in [1.807, 2.05) is 19.1 Å². The van der Waals surface area contributed by atoms with Crippen LogP contribution in [0.25, 0.3) is 0 Å². The molecule has 1 fully saturated rings. The molecule has 2 aromatic carbocycles. The maximum Gasteiger partial charge on any atom is 0.414 e. The number of likely N-dealkylation sites (tertiary alicyclic amines) is 1. The van der Waals surface area contributed by atoms with Crippen LogP contribution in [0.1, 0.15) is 58.6 Å². The van der Waals surface area contributed by atoms with Crippen molar-refractivity contribution in [2.45, 2.75) is 64.6 Å². The second-order valence-electron chi connectivity index (χ2n) is 10.7. The van der Waals surface area contributed by atoms with Gasteiger partial charge in [0.1, 0.15) is 17.0 Å². The molecule has 0 radical (unpaired) electrons. The zero-order valence-corrected chi connectivity index (χ0v) is 22.0. The minimum atomic E-state index is -1.11. The number of fused-ring (bicyclic) bond motifs is 1. The Balaban J connectivity index is 1.63. The summed E-state index contributed by atoms with van der Waals surface area (Å²) in [5.41, 5.74) is 0.892. The van der Waals surface area contributed by atoms with Crippen LogP contribution in [-0.2, 0) is 15.1 Å². The fourth-order valence-corrected chi connectivity index (χ4v) is 5.08. The molecular formula is C28H34FN5O3. The van der Waals surface area contributed by atoms with Gasteiger partial charge in [-0.3, -0.25) is 14.6 Å². The highest BCUT2D eigenvalue weighted by molar-refractivity contribution is 6.10. The van der Waals surface area contributed by atoms with Gasteiger partial charge in [0.2, 0.25) is 5.91 Å². The Morgan fingerprint density at radius 1 is 1.32 bits per heavy atom. The molecule has 0 spiro atoms. The lowest BCUT2D eigenvalue weighted by molar-refractivity contribution is -0.127. The van der Waals surface area contributed by atoms with E-state index < -0.39 is 23.1 Å². The molecule has 1 unspecified atom stereocenters. The summed E-state index contributed by atoms with van der Waals surface area (Å²) in [6, 6.07) is 12.1. The standard InChI is InChI=1S/C28H34FN5O3/c1-6-34(26(36)37-27(2,3)4)23-15-19(29)14-22-24(23)32-25(35)28(22,5)33-13-7-8-21(17-33)31-20-11-9-18(16-30)10-12-20/h9-12,14-15,21,31H,6-8,13,17H2,1-5H3,(H,32,35)/t21-,28?/m1/s1. The average Bonchev–Trinajstić information content (AvgIpc) is 3.10. The Morgan fingerprint density at radius 3 is 2.65 bits per heavy atom. The maximum atomic E-state index is 15.0. The van der Waals surface area contributed by atoms with Crippen LogP contribution in [0.3, 0.4) is 0 Å². The van der Waals surface area contributed by atoms with E-state index in [-0.39, 0.29) is 24.2 Å². The Morgan fingerprint density at radius 2 is 2.03 bits per heavy atom. The van der Waals surface area contributed by atoms with Crippen LogP contribution in [0.2, 0.25) is 0 Å². The Labute approximate surface area is 217 Å². The van der Waals surface area contributed by atoms with Crippen molar-refractivity contribution in [1.29, 1.82) is 5.26 Å². The number of amides is 2. The molecule has 2 aliphatic rings. The van der Waals surface area contributed by atoms with Crippen LogP contribution in [-0.4, -0.2) is 48.2 Å². The third-order valence-corrected chi connectivity index (χ3v) is 6.95. The quantitative estimate of drug-likeness (QED) is 0.577. The van der Waals surface area contributed by atoms with Gasteiger partial charge in [-0.25, -0.2) is 9.18 Å². The number of hydrogen-bond acceptors (Lipinski definition) is 6. The van der Waals surface area contributed by atoms with Crippen molar-refractivity contribution in [2.75, 3.05) is 35.2 Å². The second-order valence-corrected chi connectivity index (χ2v) is 10.7. The molecule has 2 aromatic rings. The average molecular weight is 508 g/mol. The summed E-state index contributed by atoms with van der Waals surface area (Å²) in [5.74, 6) is -0.781. The van der Waals surface area contributed by atoms with Gasteiger partial charge >= 0.3 is 6.09 Å². The smallest absolute Gasteiger partial charge is 0.414 e. The lowest BCUT2D eigenvalue weighted by atomic mass is 9.88. The molecule has 2 N–H and O–H groups in total. The third-order valence-electron chi connectivity index (χ3n) is 6.95. The minimum absolute atomic E-state index is 0.0669. The molecule has 1 saturated heterocycles. The molecule has 2 heterocycles. The van der Waals surface area contributed by atoms with Crippen LogP contribution in [0, 0.1) is 17.1 Å². The lowest BCUT2D eigenvalue weighted by Crippen LogP contribution is -2.55. The third kappa shape index (κ3) is 5.25. The summed E-state index contributed by atoms with van der Waals surface area (Å²) < 4.78 is 20.6. The Hall–Kier alpha value is -3.64. The first-order chi connectivity index (χ1) is 17.5. The Bertz CT molecular complexity index is 1230. The van der Waals surface area contributed by atoms with E-state index in [1.165, 1.54) is 17.0 Å². The lowest BCUT2D eigenvalue weighted by Gasteiger charge is -2.42. The van der Waals surface area contributed by atoms with Crippen LogP contribution >= 0.6 is 0 Å². The largest absolute Gasteiger partial charge is 0.443 e. The van der Waals surface area contributed by atoms with Gasteiger partial charge in [-0.15, -0.1) is 0 Å². The van der Waals surface area contributed by atoms with E-state index in [0.29, 0.717) is 29.9 Å². The minimum Gasteiger partial charge on any atom is -0.443 e. The van der Waals surface area contributed by atoms with Crippen molar-refractivity contribution in [2.24, 2.45) is 0 Å². The number of ether oxygens (including phenoxy) is 1. The van der Waals surface area contributed by atoms with E-state index in [4.69, 9.17) is 10.00 Å². The SMILES string of the molecule is CCN(C(=O)OC(C)(C)C)c1cc(F)cc2c1NC(=O)C2(C)N1CCC[C@@H](Nc2ccc(C#N)cc2)C1. The summed E-state index contributed by atoms with van der Waals surface area (Å²) in [6.45, 7) is 10.4. The summed E-state index contributed by atoms with van der Waals surface area (Å²) in [6.07, 6.45) is 1.17. The molecule has 4 rings (SSSR count). The number of benzene rings is 2. The van der Waals surface area contributed by atoms with Crippen LogP contribution in [0.15, 0.2) is 36.4 Å². The topological polar surface area (TPSA) is 97.7 Å². The van der Waals surface area contributed by atoms with Crippen molar-refractivity contribution >= 4 is 29.1 Å². The normalized spacial score (nSPS) is 21.5. The summed E-state index contributed by atoms with van der Waals surface area (Å²) >= 11 is 0. The highest BCUT2D eigenvalue weighted by Gasteiger charge is 2.50. The van der Waals surface area contributed by atoms with Crippen molar-refractivity contribution in [3.63, 3.8) is 0 Å². The number of piperidine rings is 1. The maximum absolute atomic E-state index is 15.0. The van der Waals surface area contributed by atoms with Crippen LogP contribution < -0.4 is 15.5 Å². The second kappa shape index (κ2) is 10.0.